The number of ether oxygens (including phenoxy) is 1. The highest BCUT2D eigenvalue weighted by atomic mass is 32.1. The molecule has 0 bridgehead atoms. The van der Waals surface area contributed by atoms with Gasteiger partial charge in [0.15, 0.2) is 0 Å². The van der Waals surface area contributed by atoms with Gasteiger partial charge in [0.1, 0.15) is 10.7 Å². The highest BCUT2D eigenvalue weighted by Gasteiger charge is 2.18. The van der Waals surface area contributed by atoms with Crippen molar-refractivity contribution in [2.45, 2.75) is 18.9 Å². The second-order valence-electron chi connectivity index (χ2n) is 4.62. The first-order valence-corrected chi connectivity index (χ1v) is 7.46. The average Bonchev–Trinajstić information content (AvgIpc) is 3.17. The summed E-state index contributed by atoms with van der Waals surface area (Å²) in [7, 11) is 0. The van der Waals surface area contributed by atoms with E-state index in [0.717, 1.165) is 30.0 Å². The lowest BCUT2D eigenvalue weighted by molar-refractivity contribution is 0.0854. The fraction of sp³-hybridized carbons (Fsp3) is 0.357. The van der Waals surface area contributed by atoms with E-state index in [2.05, 4.69) is 15.3 Å². The van der Waals surface area contributed by atoms with E-state index in [1.54, 1.807) is 17.8 Å². The molecule has 0 aromatic carbocycles. The van der Waals surface area contributed by atoms with E-state index in [0.29, 0.717) is 12.2 Å². The van der Waals surface area contributed by atoms with Crippen LogP contribution < -0.4 is 5.32 Å². The Hall–Kier alpha value is -1.79. The summed E-state index contributed by atoms with van der Waals surface area (Å²) in [5.74, 6) is -0.142. The number of nitrogens with zero attached hydrogens (tertiary/aromatic N) is 2. The Bertz CT molecular complexity index is 579. The van der Waals surface area contributed by atoms with Gasteiger partial charge in [-0.15, -0.1) is 11.3 Å². The monoisotopic (exact) mass is 289 g/mol. The number of carbonyl (C=O) groups excluding carboxylic acids is 1. The van der Waals surface area contributed by atoms with Gasteiger partial charge in [0.25, 0.3) is 5.91 Å². The molecular weight excluding hydrogens is 274 g/mol. The molecule has 0 aliphatic carbocycles. The molecule has 1 amide bonds. The maximum Gasteiger partial charge on any atom is 0.270 e. The van der Waals surface area contributed by atoms with Crippen LogP contribution in [0.1, 0.15) is 23.3 Å². The fourth-order valence-corrected chi connectivity index (χ4v) is 2.91. The Morgan fingerprint density at radius 1 is 1.45 bits per heavy atom. The third kappa shape index (κ3) is 3.02. The molecule has 3 heterocycles. The zero-order chi connectivity index (χ0) is 13.8. The minimum Gasteiger partial charge on any atom is -0.376 e. The highest BCUT2D eigenvalue weighted by Crippen LogP contribution is 2.22. The van der Waals surface area contributed by atoms with Crippen LogP contribution in [0.2, 0.25) is 0 Å². The number of aromatic nitrogens is 2. The van der Waals surface area contributed by atoms with Gasteiger partial charge in [-0.05, 0) is 25.0 Å². The molecule has 3 rings (SSSR count). The number of nitrogens with one attached hydrogen (secondary N) is 1. The van der Waals surface area contributed by atoms with E-state index in [9.17, 15) is 4.79 Å². The molecule has 5 nitrogen and oxygen atoms in total. The van der Waals surface area contributed by atoms with Crippen molar-refractivity contribution in [2.75, 3.05) is 13.2 Å². The molecule has 0 radical (unpaired) electrons. The molecule has 1 aliphatic rings. The van der Waals surface area contributed by atoms with E-state index in [-0.39, 0.29) is 12.0 Å². The molecule has 1 atom stereocenters. The lowest BCUT2D eigenvalue weighted by Crippen LogP contribution is -2.31. The van der Waals surface area contributed by atoms with E-state index in [1.165, 1.54) is 11.3 Å². The molecular formula is C14H15N3O2S. The van der Waals surface area contributed by atoms with Crippen molar-refractivity contribution in [1.82, 2.24) is 15.3 Å². The van der Waals surface area contributed by atoms with Crippen molar-refractivity contribution in [1.29, 1.82) is 0 Å². The molecule has 1 aliphatic heterocycles. The SMILES string of the molecule is O=C(NC[C@H]1CCCO1)c1csc(-c2ccncc2)n1. The van der Waals surface area contributed by atoms with E-state index in [4.69, 9.17) is 4.74 Å². The largest absolute Gasteiger partial charge is 0.376 e. The molecule has 0 spiro atoms. The molecule has 6 heteroatoms. The Labute approximate surface area is 121 Å². The predicted molar refractivity (Wildman–Crippen MR) is 76.7 cm³/mol. The maximum atomic E-state index is 12.0. The first-order chi connectivity index (χ1) is 9.83. The zero-order valence-electron chi connectivity index (χ0n) is 10.9. The second kappa shape index (κ2) is 6.11. The van der Waals surface area contributed by atoms with Crippen LogP contribution in [-0.2, 0) is 4.74 Å². The van der Waals surface area contributed by atoms with Gasteiger partial charge in [0.05, 0.1) is 6.10 Å². The molecule has 0 saturated carbocycles. The van der Waals surface area contributed by atoms with Crippen LogP contribution in [0, 0.1) is 0 Å². The van der Waals surface area contributed by atoms with Crippen LogP contribution in [0.15, 0.2) is 29.9 Å². The Balaban J connectivity index is 1.62. The summed E-state index contributed by atoms with van der Waals surface area (Å²) in [6.07, 6.45) is 5.67. The topological polar surface area (TPSA) is 64.1 Å². The summed E-state index contributed by atoms with van der Waals surface area (Å²) in [5.41, 5.74) is 1.43. The summed E-state index contributed by atoms with van der Waals surface area (Å²) >= 11 is 1.46. The van der Waals surface area contributed by atoms with Crippen molar-refractivity contribution >= 4 is 17.2 Å². The molecule has 0 unspecified atom stereocenters. The van der Waals surface area contributed by atoms with Gasteiger partial charge < -0.3 is 10.1 Å². The van der Waals surface area contributed by atoms with Gasteiger partial charge in [0, 0.05) is 36.5 Å². The fourth-order valence-electron chi connectivity index (χ4n) is 2.11. The first-order valence-electron chi connectivity index (χ1n) is 6.58. The number of carbonyl (C=O) groups is 1. The molecule has 2 aromatic heterocycles. The van der Waals surface area contributed by atoms with Crippen LogP contribution in [0.4, 0.5) is 0 Å². The van der Waals surface area contributed by atoms with Gasteiger partial charge in [-0.3, -0.25) is 9.78 Å². The number of pyridine rings is 1. The number of hydrogen-bond acceptors (Lipinski definition) is 5. The van der Waals surface area contributed by atoms with Crippen molar-refractivity contribution in [2.24, 2.45) is 0 Å². The van der Waals surface area contributed by atoms with Crippen molar-refractivity contribution in [3.8, 4) is 10.6 Å². The van der Waals surface area contributed by atoms with Crippen LogP contribution in [0.3, 0.4) is 0 Å². The predicted octanol–water partition coefficient (Wildman–Crippen LogP) is 2.11. The lowest BCUT2D eigenvalue weighted by Gasteiger charge is -2.09. The van der Waals surface area contributed by atoms with Crippen LogP contribution >= 0.6 is 11.3 Å². The number of thiazole rings is 1. The molecule has 1 saturated heterocycles. The summed E-state index contributed by atoms with van der Waals surface area (Å²) in [6, 6.07) is 3.76. The van der Waals surface area contributed by atoms with E-state index < -0.39 is 0 Å². The van der Waals surface area contributed by atoms with Gasteiger partial charge >= 0.3 is 0 Å². The minimum absolute atomic E-state index is 0.142. The van der Waals surface area contributed by atoms with Crippen molar-refractivity contribution < 1.29 is 9.53 Å². The summed E-state index contributed by atoms with van der Waals surface area (Å²) in [4.78, 5) is 20.3. The summed E-state index contributed by atoms with van der Waals surface area (Å²) in [6.45, 7) is 1.35. The Morgan fingerprint density at radius 2 is 2.30 bits per heavy atom. The van der Waals surface area contributed by atoms with Gasteiger partial charge in [-0.25, -0.2) is 4.98 Å². The molecule has 1 N–H and O–H groups in total. The van der Waals surface area contributed by atoms with Gasteiger partial charge in [-0.1, -0.05) is 0 Å². The third-order valence-electron chi connectivity index (χ3n) is 3.18. The van der Waals surface area contributed by atoms with Crippen LogP contribution in [-0.4, -0.2) is 35.1 Å². The molecule has 20 heavy (non-hydrogen) atoms. The molecule has 104 valence electrons. The maximum absolute atomic E-state index is 12.0. The summed E-state index contributed by atoms with van der Waals surface area (Å²) < 4.78 is 5.47. The first kappa shape index (κ1) is 13.2. The van der Waals surface area contributed by atoms with Gasteiger partial charge in [0.2, 0.25) is 0 Å². The number of amides is 1. The number of hydrogen-bond donors (Lipinski definition) is 1. The Morgan fingerprint density at radius 3 is 3.05 bits per heavy atom. The van der Waals surface area contributed by atoms with Crippen molar-refractivity contribution in [3.05, 3.63) is 35.6 Å². The molecule has 2 aromatic rings. The normalized spacial score (nSPS) is 18.1. The second-order valence-corrected chi connectivity index (χ2v) is 5.48. The summed E-state index contributed by atoms with van der Waals surface area (Å²) in [5, 5.41) is 5.48. The lowest BCUT2D eigenvalue weighted by atomic mass is 10.2. The quantitative estimate of drug-likeness (QED) is 0.936. The van der Waals surface area contributed by atoms with Crippen LogP contribution in [0.5, 0.6) is 0 Å². The van der Waals surface area contributed by atoms with E-state index in [1.807, 2.05) is 12.1 Å². The standard InChI is InChI=1S/C14H15N3O2S/c18-13(16-8-11-2-1-7-19-11)12-9-20-14(17-12)10-3-5-15-6-4-10/h3-6,9,11H,1-2,7-8H2,(H,16,18)/t11-/m1/s1. The minimum atomic E-state index is -0.142. The third-order valence-corrected chi connectivity index (χ3v) is 4.07. The highest BCUT2D eigenvalue weighted by molar-refractivity contribution is 7.13. The average molecular weight is 289 g/mol. The Kier molecular flexibility index (Phi) is 4.03. The zero-order valence-corrected chi connectivity index (χ0v) is 11.7. The van der Waals surface area contributed by atoms with Crippen LogP contribution in [0.25, 0.3) is 10.6 Å². The number of rotatable bonds is 4. The molecule has 1 fully saturated rings. The smallest absolute Gasteiger partial charge is 0.270 e. The van der Waals surface area contributed by atoms with E-state index >= 15 is 0 Å². The van der Waals surface area contributed by atoms with Crippen molar-refractivity contribution in [3.63, 3.8) is 0 Å². The van der Waals surface area contributed by atoms with Gasteiger partial charge in [-0.2, -0.15) is 0 Å².